The summed E-state index contributed by atoms with van der Waals surface area (Å²) in [5.41, 5.74) is 1.18. The van der Waals surface area contributed by atoms with Gasteiger partial charge >= 0.3 is 12.0 Å². The summed E-state index contributed by atoms with van der Waals surface area (Å²) >= 11 is 0. The Morgan fingerprint density at radius 1 is 1.29 bits per heavy atom. The molecule has 2 amide bonds. The first kappa shape index (κ1) is 17.0. The van der Waals surface area contributed by atoms with Crippen molar-refractivity contribution in [3.8, 4) is 0 Å². The molecule has 116 valence electrons. The highest BCUT2D eigenvalue weighted by Crippen LogP contribution is 2.20. The summed E-state index contributed by atoms with van der Waals surface area (Å²) in [4.78, 5) is 23.1. The van der Waals surface area contributed by atoms with Gasteiger partial charge in [-0.2, -0.15) is 0 Å². The summed E-state index contributed by atoms with van der Waals surface area (Å²) in [5.74, 6) is -1.05. The van der Waals surface area contributed by atoms with Gasteiger partial charge in [-0.05, 0) is 31.9 Å². The van der Waals surface area contributed by atoms with Crippen molar-refractivity contribution in [2.24, 2.45) is 0 Å². The van der Waals surface area contributed by atoms with Crippen molar-refractivity contribution in [1.29, 1.82) is 0 Å². The number of hydrogen-bond donors (Lipinski definition) is 3. The maximum atomic E-state index is 12.0. The van der Waals surface area contributed by atoms with E-state index in [1.165, 1.54) is 6.07 Å². The van der Waals surface area contributed by atoms with Gasteiger partial charge in [0, 0.05) is 6.04 Å². The zero-order chi connectivity index (χ0) is 15.8. The monoisotopic (exact) mass is 292 g/mol. The number of carboxylic acid groups (broad SMARTS) is 1. The molecule has 5 heteroatoms. The predicted octanol–water partition coefficient (Wildman–Crippen LogP) is 3.78. The van der Waals surface area contributed by atoms with Crippen LogP contribution in [0.15, 0.2) is 18.2 Å². The van der Waals surface area contributed by atoms with Crippen LogP contribution in [0.4, 0.5) is 10.5 Å². The van der Waals surface area contributed by atoms with Gasteiger partial charge in [-0.25, -0.2) is 9.59 Å². The Balaban J connectivity index is 2.65. The van der Waals surface area contributed by atoms with Crippen LogP contribution in [0.25, 0.3) is 0 Å². The lowest BCUT2D eigenvalue weighted by Crippen LogP contribution is -2.36. The Morgan fingerprint density at radius 2 is 2.00 bits per heavy atom. The lowest BCUT2D eigenvalue weighted by Gasteiger charge is -2.16. The van der Waals surface area contributed by atoms with Gasteiger partial charge in [0.1, 0.15) is 0 Å². The number of benzene rings is 1. The van der Waals surface area contributed by atoms with E-state index in [-0.39, 0.29) is 17.6 Å². The van der Waals surface area contributed by atoms with Crippen LogP contribution in [-0.2, 0) is 0 Å². The molecule has 1 rings (SSSR count). The van der Waals surface area contributed by atoms with Crippen molar-refractivity contribution < 1.29 is 14.7 Å². The molecular weight excluding hydrogens is 268 g/mol. The Bertz CT molecular complexity index is 500. The van der Waals surface area contributed by atoms with Gasteiger partial charge in [0.2, 0.25) is 0 Å². The largest absolute Gasteiger partial charge is 0.478 e. The number of hydrogen-bond acceptors (Lipinski definition) is 2. The van der Waals surface area contributed by atoms with Crippen LogP contribution in [-0.4, -0.2) is 23.1 Å². The number of unbranched alkanes of at least 4 members (excludes halogenated alkanes) is 2. The van der Waals surface area contributed by atoms with E-state index in [4.69, 9.17) is 5.11 Å². The van der Waals surface area contributed by atoms with Gasteiger partial charge in [0.05, 0.1) is 11.3 Å². The smallest absolute Gasteiger partial charge is 0.337 e. The molecule has 1 aromatic carbocycles. The second-order valence-corrected chi connectivity index (χ2v) is 5.30. The van der Waals surface area contributed by atoms with E-state index >= 15 is 0 Å². The summed E-state index contributed by atoms with van der Waals surface area (Å²) in [7, 11) is 0. The van der Waals surface area contributed by atoms with Crippen LogP contribution >= 0.6 is 0 Å². The molecule has 0 aliphatic heterocycles. The number of para-hydroxylation sites is 1. The number of carboxylic acids is 1. The Kier molecular flexibility index (Phi) is 6.72. The highest BCUT2D eigenvalue weighted by Gasteiger charge is 2.15. The third-order valence-corrected chi connectivity index (χ3v) is 3.36. The number of rotatable bonds is 7. The van der Waals surface area contributed by atoms with Gasteiger partial charge in [-0.3, -0.25) is 0 Å². The number of carbonyl (C=O) groups is 2. The lowest BCUT2D eigenvalue weighted by atomic mass is 10.1. The number of nitrogens with one attached hydrogen (secondary N) is 2. The molecule has 0 fully saturated rings. The molecular formula is C16H24N2O3. The van der Waals surface area contributed by atoms with E-state index in [1.807, 2.05) is 6.92 Å². The lowest BCUT2D eigenvalue weighted by molar-refractivity contribution is 0.0698. The highest BCUT2D eigenvalue weighted by molar-refractivity contribution is 6.01. The fourth-order valence-corrected chi connectivity index (χ4v) is 2.16. The molecule has 0 aromatic heterocycles. The fraction of sp³-hybridized carbons (Fsp3) is 0.500. The Labute approximate surface area is 125 Å². The second kappa shape index (κ2) is 8.29. The summed E-state index contributed by atoms with van der Waals surface area (Å²) < 4.78 is 0. The summed E-state index contributed by atoms with van der Waals surface area (Å²) in [6.45, 7) is 5.86. The number of anilines is 1. The average Bonchev–Trinajstić information content (AvgIpc) is 2.41. The minimum atomic E-state index is -1.05. The fourth-order valence-electron chi connectivity index (χ4n) is 2.16. The molecule has 0 heterocycles. The molecule has 0 radical (unpaired) electrons. The number of aryl methyl sites for hydroxylation is 1. The third-order valence-electron chi connectivity index (χ3n) is 3.36. The maximum absolute atomic E-state index is 12.0. The molecule has 0 saturated carbocycles. The zero-order valence-electron chi connectivity index (χ0n) is 12.9. The van der Waals surface area contributed by atoms with Gasteiger partial charge in [0.15, 0.2) is 0 Å². The summed E-state index contributed by atoms with van der Waals surface area (Å²) in [6, 6.07) is 4.61. The molecule has 5 nitrogen and oxygen atoms in total. The molecule has 1 atom stereocenters. The van der Waals surface area contributed by atoms with Crippen molar-refractivity contribution >= 4 is 17.7 Å². The van der Waals surface area contributed by atoms with E-state index in [0.717, 1.165) is 31.2 Å². The van der Waals surface area contributed by atoms with Gasteiger partial charge in [-0.1, -0.05) is 38.3 Å². The van der Waals surface area contributed by atoms with Crippen LogP contribution in [0, 0.1) is 6.92 Å². The first-order chi connectivity index (χ1) is 9.95. The van der Waals surface area contributed by atoms with Crippen LogP contribution in [0.2, 0.25) is 0 Å². The summed E-state index contributed by atoms with van der Waals surface area (Å²) in [5, 5.41) is 14.6. The van der Waals surface area contributed by atoms with Gasteiger partial charge in [0.25, 0.3) is 0 Å². The molecule has 0 aliphatic rings. The van der Waals surface area contributed by atoms with Crippen LogP contribution in [0.5, 0.6) is 0 Å². The molecule has 0 bridgehead atoms. The first-order valence-corrected chi connectivity index (χ1v) is 7.36. The van der Waals surface area contributed by atoms with Crippen molar-refractivity contribution in [3.63, 3.8) is 0 Å². The zero-order valence-corrected chi connectivity index (χ0v) is 12.9. The molecule has 0 aliphatic carbocycles. The number of amides is 2. The van der Waals surface area contributed by atoms with Gasteiger partial charge < -0.3 is 15.7 Å². The maximum Gasteiger partial charge on any atom is 0.337 e. The van der Waals surface area contributed by atoms with Crippen molar-refractivity contribution in [2.45, 2.75) is 52.5 Å². The molecule has 0 spiro atoms. The topological polar surface area (TPSA) is 78.4 Å². The number of aromatic carboxylic acids is 1. The van der Waals surface area contributed by atoms with Gasteiger partial charge in [-0.15, -0.1) is 0 Å². The van der Waals surface area contributed by atoms with E-state index in [2.05, 4.69) is 17.6 Å². The average molecular weight is 292 g/mol. The molecule has 0 saturated heterocycles. The second-order valence-electron chi connectivity index (χ2n) is 5.30. The Hall–Kier alpha value is -2.04. The molecule has 3 N–H and O–H groups in total. The van der Waals surface area contributed by atoms with E-state index in [9.17, 15) is 9.59 Å². The standard InChI is InChI=1S/C16H24N2O3/c1-4-5-6-9-12(3)17-16(21)18-14-11(2)8-7-10-13(14)15(19)20/h7-8,10,12H,4-6,9H2,1-3H3,(H,19,20)(H2,17,18,21). The SMILES string of the molecule is CCCCCC(C)NC(=O)Nc1c(C)cccc1C(=O)O. The van der Waals surface area contributed by atoms with Crippen LogP contribution in [0.1, 0.15) is 55.5 Å². The normalized spacial score (nSPS) is 11.8. The first-order valence-electron chi connectivity index (χ1n) is 7.36. The van der Waals surface area contributed by atoms with Crippen molar-refractivity contribution in [3.05, 3.63) is 29.3 Å². The molecule has 1 aromatic rings. The van der Waals surface area contributed by atoms with E-state index in [0.29, 0.717) is 5.69 Å². The predicted molar refractivity (Wildman–Crippen MR) is 83.9 cm³/mol. The highest BCUT2D eigenvalue weighted by atomic mass is 16.4. The molecule has 1 unspecified atom stereocenters. The quantitative estimate of drug-likeness (QED) is 0.669. The number of urea groups is 1. The number of carbonyl (C=O) groups excluding carboxylic acids is 1. The Morgan fingerprint density at radius 3 is 2.62 bits per heavy atom. The minimum Gasteiger partial charge on any atom is -0.478 e. The van der Waals surface area contributed by atoms with E-state index in [1.54, 1.807) is 19.1 Å². The van der Waals surface area contributed by atoms with Crippen LogP contribution in [0.3, 0.4) is 0 Å². The minimum absolute atomic E-state index is 0.0637. The summed E-state index contributed by atoms with van der Waals surface area (Å²) in [6.07, 6.45) is 4.28. The van der Waals surface area contributed by atoms with Crippen molar-refractivity contribution in [2.75, 3.05) is 5.32 Å². The van der Waals surface area contributed by atoms with Crippen LogP contribution < -0.4 is 10.6 Å². The third kappa shape index (κ3) is 5.45. The van der Waals surface area contributed by atoms with E-state index < -0.39 is 5.97 Å². The van der Waals surface area contributed by atoms with Crippen molar-refractivity contribution in [1.82, 2.24) is 5.32 Å². The molecule has 21 heavy (non-hydrogen) atoms.